The Morgan fingerprint density at radius 2 is 1.60 bits per heavy atom. The Labute approximate surface area is 175 Å². The molecular weight excluding hydrogens is 396 g/mol. The van der Waals surface area contributed by atoms with Crippen LogP contribution in [0.2, 0.25) is 0 Å². The third-order valence-corrected chi connectivity index (χ3v) is 4.01. The van der Waals surface area contributed by atoms with Gasteiger partial charge in [0.2, 0.25) is 11.8 Å². The lowest BCUT2D eigenvalue weighted by atomic mass is 10.1. The van der Waals surface area contributed by atoms with Crippen LogP contribution in [0, 0.1) is 0 Å². The van der Waals surface area contributed by atoms with Gasteiger partial charge in [-0.2, -0.15) is 0 Å². The molecule has 2 unspecified atom stereocenters. The Morgan fingerprint density at radius 3 is 2.03 bits per heavy atom. The molecule has 0 bridgehead atoms. The number of rotatable bonds is 12. The summed E-state index contributed by atoms with van der Waals surface area (Å²) < 4.78 is 0. The number of amides is 4. The van der Waals surface area contributed by atoms with Gasteiger partial charge in [-0.1, -0.05) is 0 Å². The highest BCUT2D eigenvalue weighted by molar-refractivity contribution is 6.12. The fourth-order valence-corrected chi connectivity index (χ4v) is 2.10. The van der Waals surface area contributed by atoms with E-state index in [0.717, 1.165) is 4.90 Å². The van der Waals surface area contributed by atoms with Crippen molar-refractivity contribution in [1.29, 1.82) is 0 Å². The molecule has 1 aliphatic heterocycles. The van der Waals surface area contributed by atoms with Gasteiger partial charge >= 0.3 is 5.97 Å². The van der Waals surface area contributed by atoms with Crippen molar-refractivity contribution in [3.8, 4) is 0 Å². The first-order valence-corrected chi connectivity index (χ1v) is 9.57. The normalized spacial score (nSPS) is 14.4. The SMILES string of the molecule is CC(C=O)NC(=O)CCCCC(=O)NCCN1C(=O)C=CC1=O.CNC(C)C(=O)O. The number of carbonyl (C=O) groups excluding carboxylic acids is 5. The van der Waals surface area contributed by atoms with E-state index in [4.69, 9.17) is 5.11 Å². The zero-order valence-electron chi connectivity index (χ0n) is 17.5. The Hall–Kier alpha value is -3.08. The molecule has 0 aromatic heterocycles. The van der Waals surface area contributed by atoms with E-state index in [0.29, 0.717) is 19.1 Å². The minimum Gasteiger partial charge on any atom is -0.480 e. The number of nitrogens with one attached hydrogen (secondary N) is 3. The van der Waals surface area contributed by atoms with Crippen molar-refractivity contribution in [2.24, 2.45) is 0 Å². The number of carboxylic acid groups (broad SMARTS) is 1. The van der Waals surface area contributed by atoms with E-state index in [2.05, 4.69) is 16.0 Å². The zero-order valence-corrected chi connectivity index (χ0v) is 17.5. The average molecular weight is 426 g/mol. The standard InChI is InChI=1S/C15H21N3O5.C4H9NO2/c1-11(10-19)17-13(21)5-3-2-4-12(20)16-8-9-18-14(22)6-7-15(18)23;1-3(5-2)4(6)7/h6-7,10-11H,2-5,8-9H2,1H3,(H,16,20)(H,17,21);3,5H,1-2H3,(H,6,7). The molecular formula is C19H30N4O7. The summed E-state index contributed by atoms with van der Waals surface area (Å²) in [5.41, 5.74) is 0. The summed E-state index contributed by atoms with van der Waals surface area (Å²) in [6.07, 6.45) is 4.64. The lowest BCUT2D eigenvalue weighted by Gasteiger charge is -2.13. The van der Waals surface area contributed by atoms with E-state index in [1.807, 2.05) is 0 Å². The molecule has 2 atom stereocenters. The smallest absolute Gasteiger partial charge is 0.320 e. The molecule has 11 nitrogen and oxygen atoms in total. The molecule has 0 aromatic carbocycles. The van der Waals surface area contributed by atoms with Gasteiger partial charge < -0.3 is 25.9 Å². The highest BCUT2D eigenvalue weighted by Crippen LogP contribution is 2.02. The van der Waals surface area contributed by atoms with Crippen molar-refractivity contribution >= 4 is 35.9 Å². The van der Waals surface area contributed by atoms with Gasteiger partial charge in [0.05, 0.1) is 6.04 Å². The second-order valence-electron chi connectivity index (χ2n) is 6.56. The molecule has 1 rings (SSSR count). The lowest BCUT2D eigenvalue weighted by Crippen LogP contribution is -2.38. The molecule has 30 heavy (non-hydrogen) atoms. The molecule has 0 aliphatic carbocycles. The predicted octanol–water partition coefficient (Wildman–Crippen LogP) is -1.03. The third-order valence-electron chi connectivity index (χ3n) is 4.01. The highest BCUT2D eigenvalue weighted by Gasteiger charge is 2.22. The van der Waals surface area contributed by atoms with Gasteiger partial charge in [0.15, 0.2) is 0 Å². The van der Waals surface area contributed by atoms with Gasteiger partial charge in [-0.25, -0.2) is 0 Å². The maximum Gasteiger partial charge on any atom is 0.320 e. The van der Waals surface area contributed by atoms with Crippen LogP contribution in [0.3, 0.4) is 0 Å². The minimum absolute atomic E-state index is 0.141. The summed E-state index contributed by atoms with van der Waals surface area (Å²) in [4.78, 5) is 66.8. The Bertz CT molecular complexity index is 645. The molecule has 0 aromatic rings. The number of unbranched alkanes of at least 4 members (excludes halogenated alkanes) is 1. The lowest BCUT2D eigenvalue weighted by molar-refractivity contribution is -0.139. The van der Waals surface area contributed by atoms with Crippen LogP contribution < -0.4 is 16.0 Å². The summed E-state index contributed by atoms with van der Waals surface area (Å²) >= 11 is 0. The van der Waals surface area contributed by atoms with E-state index in [9.17, 15) is 28.8 Å². The molecule has 168 valence electrons. The first-order chi connectivity index (χ1) is 14.1. The van der Waals surface area contributed by atoms with Gasteiger partial charge in [0.25, 0.3) is 11.8 Å². The molecule has 0 saturated heterocycles. The molecule has 0 radical (unpaired) electrons. The van der Waals surface area contributed by atoms with Gasteiger partial charge in [0, 0.05) is 38.1 Å². The Balaban J connectivity index is 0.00000103. The number of nitrogens with zero attached hydrogens (tertiary/aromatic N) is 1. The van der Waals surface area contributed by atoms with E-state index < -0.39 is 18.1 Å². The first-order valence-electron chi connectivity index (χ1n) is 9.57. The third kappa shape index (κ3) is 11.7. The Morgan fingerprint density at radius 1 is 1.07 bits per heavy atom. The molecule has 11 heteroatoms. The van der Waals surface area contributed by atoms with Gasteiger partial charge in [0.1, 0.15) is 12.3 Å². The van der Waals surface area contributed by atoms with Crippen LogP contribution in [0.4, 0.5) is 0 Å². The zero-order chi connectivity index (χ0) is 23.1. The van der Waals surface area contributed by atoms with Crippen molar-refractivity contribution in [2.75, 3.05) is 20.1 Å². The number of imide groups is 1. The average Bonchev–Trinajstić information content (AvgIpc) is 3.02. The monoisotopic (exact) mass is 426 g/mol. The number of carbonyl (C=O) groups is 6. The maximum absolute atomic E-state index is 11.6. The summed E-state index contributed by atoms with van der Waals surface area (Å²) in [5.74, 6) is -1.98. The number of carboxylic acids is 1. The van der Waals surface area contributed by atoms with Crippen LogP contribution in [-0.2, 0) is 28.8 Å². The number of hydrogen-bond acceptors (Lipinski definition) is 7. The summed E-state index contributed by atoms with van der Waals surface area (Å²) in [6.45, 7) is 3.52. The summed E-state index contributed by atoms with van der Waals surface area (Å²) in [6, 6.07) is -0.934. The van der Waals surface area contributed by atoms with Crippen LogP contribution in [0.25, 0.3) is 0 Å². The molecule has 1 aliphatic rings. The van der Waals surface area contributed by atoms with Crippen LogP contribution >= 0.6 is 0 Å². The van der Waals surface area contributed by atoms with Gasteiger partial charge in [-0.3, -0.25) is 28.9 Å². The van der Waals surface area contributed by atoms with Gasteiger partial charge in [-0.05, 0) is 33.7 Å². The topological polar surface area (TPSA) is 162 Å². The number of aliphatic carboxylic acids is 1. The van der Waals surface area contributed by atoms with E-state index in [-0.39, 0.29) is 49.6 Å². The first kappa shape index (κ1) is 26.9. The van der Waals surface area contributed by atoms with Crippen molar-refractivity contribution in [1.82, 2.24) is 20.9 Å². The number of hydrogen-bond donors (Lipinski definition) is 4. The van der Waals surface area contributed by atoms with Gasteiger partial charge in [-0.15, -0.1) is 0 Å². The second kappa shape index (κ2) is 14.9. The van der Waals surface area contributed by atoms with Crippen molar-refractivity contribution in [3.63, 3.8) is 0 Å². The fraction of sp³-hybridized carbons (Fsp3) is 0.579. The van der Waals surface area contributed by atoms with E-state index >= 15 is 0 Å². The quantitative estimate of drug-likeness (QED) is 0.175. The van der Waals surface area contributed by atoms with Crippen LogP contribution in [0.15, 0.2) is 12.2 Å². The van der Waals surface area contributed by atoms with E-state index in [1.54, 1.807) is 20.9 Å². The number of likely N-dealkylation sites (N-methyl/N-ethyl adjacent to an activating group) is 1. The van der Waals surface area contributed by atoms with Crippen molar-refractivity contribution < 1.29 is 33.9 Å². The molecule has 4 amide bonds. The van der Waals surface area contributed by atoms with Crippen LogP contribution in [0.1, 0.15) is 39.5 Å². The molecule has 0 fully saturated rings. The minimum atomic E-state index is -0.817. The van der Waals surface area contributed by atoms with Crippen molar-refractivity contribution in [2.45, 2.75) is 51.6 Å². The molecule has 4 N–H and O–H groups in total. The molecule has 1 heterocycles. The summed E-state index contributed by atoms with van der Waals surface area (Å²) in [5, 5.41) is 15.8. The van der Waals surface area contributed by atoms with Crippen LogP contribution in [-0.4, -0.2) is 78.1 Å². The predicted molar refractivity (Wildman–Crippen MR) is 107 cm³/mol. The summed E-state index contributed by atoms with van der Waals surface area (Å²) in [7, 11) is 1.61. The second-order valence-corrected chi connectivity index (χ2v) is 6.56. The van der Waals surface area contributed by atoms with E-state index in [1.165, 1.54) is 12.2 Å². The Kier molecular flexibility index (Phi) is 13.3. The van der Waals surface area contributed by atoms with Crippen molar-refractivity contribution in [3.05, 3.63) is 12.2 Å². The fourth-order valence-electron chi connectivity index (χ4n) is 2.10. The maximum atomic E-state index is 11.6. The largest absolute Gasteiger partial charge is 0.480 e. The number of aldehydes is 1. The van der Waals surface area contributed by atoms with Crippen LogP contribution in [0.5, 0.6) is 0 Å². The highest BCUT2D eigenvalue weighted by atomic mass is 16.4. The molecule has 0 spiro atoms. The molecule has 0 saturated carbocycles.